The number of benzene rings is 3. The highest BCUT2D eigenvalue weighted by Gasteiger charge is 2.31. The van der Waals surface area contributed by atoms with Crippen molar-refractivity contribution in [3.63, 3.8) is 0 Å². The number of hydrogen-bond donors (Lipinski definition) is 1. The van der Waals surface area contributed by atoms with Crippen LogP contribution in [0.15, 0.2) is 72.8 Å². The Morgan fingerprint density at radius 1 is 0.972 bits per heavy atom. The summed E-state index contributed by atoms with van der Waals surface area (Å²) in [6.45, 7) is 3.52. The highest BCUT2D eigenvalue weighted by molar-refractivity contribution is 6.42. The fourth-order valence-corrected chi connectivity index (χ4v) is 3.93. The number of halogens is 3. The normalized spacial score (nSPS) is 12.5. The molecule has 0 aliphatic heterocycles. The first-order valence-corrected chi connectivity index (χ1v) is 12.5. The summed E-state index contributed by atoms with van der Waals surface area (Å²) in [6, 6.07) is 19.4. The smallest absolute Gasteiger partial charge is 0.261 e. The number of rotatable bonds is 11. The summed E-state index contributed by atoms with van der Waals surface area (Å²) in [7, 11) is 0. The molecule has 0 saturated carbocycles. The van der Waals surface area contributed by atoms with Gasteiger partial charge >= 0.3 is 0 Å². The van der Waals surface area contributed by atoms with Crippen LogP contribution in [0.2, 0.25) is 10.0 Å². The number of carbonyl (C=O) groups is 2. The van der Waals surface area contributed by atoms with Gasteiger partial charge in [0, 0.05) is 19.0 Å². The summed E-state index contributed by atoms with van der Waals surface area (Å²) < 4.78 is 19.6. The highest BCUT2D eigenvalue weighted by Crippen LogP contribution is 2.24. The molecule has 3 rings (SSSR count). The molecular weight excluding hydrogens is 502 g/mol. The van der Waals surface area contributed by atoms with Crippen molar-refractivity contribution in [1.29, 1.82) is 0 Å². The van der Waals surface area contributed by atoms with E-state index in [0.29, 0.717) is 15.6 Å². The average molecular weight is 531 g/mol. The van der Waals surface area contributed by atoms with E-state index in [1.54, 1.807) is 24.3 Å². The third-order valence-electron chi connectivity index (χ3n) is 5.80. The molecule has 0 spiro atoms. The Balaban J connectivity index is 1.94. The Hall–Kier alpha value is -3.09. The molecule has 0 aliphatic carbocycles. The van der Waals surface area contributed by atoms with Crippen molar-refractivity contribution in [1.82, 2.24) is 10.2 Å². The summed E-state index contributed by atoms with van der Waals surface area (Å²) in [5.74, 6) is -1.36. The van der Waals surface area contributed by atoms with E-state index < -0.39 is 24.4 Å². The first-order chi connectivity index (χ1) is 17.3. The highest BCUT2D eigenvalue weighted by atomic mass is 35.5. The zero-order valence-corrected chi connectivity index (χ0v) is 21.7. The molecule has 0 bridgehead atoms. The second-order valence-corrected chi connectivity index (χ2v) is 9.33. The van der Waals surface area contributed by atoms with Gasteiger partial charge in [0.2, 0.25) is 5.91 Å². The second-order valence-electron chi connectivity index (χ2n) is 8.51. The van der Waals surface area contributed by atoms with Crippen LogP contribution < -0.4 is 10.1 Å². The molecule has 0 aliphatic rings. The molecule has 1 N–H and O–H groups in total. The molecule has 5 nitrogen and oxygen atoms in total. The summed E-state index contributed by atoms with van der Waals surface area (Å²) >= 11 is 12.3. The monoisotopic (exact) mass is 530 g/mol. The molecule has 0 radical (unpaired) electrons. The molecule has 36 heavy (non-hydrogen) atoms. The lowest BCUT2D eigenvalue weighted by molar-refractivity contribution is -0.143. The lowest BCUT2D eigenvalue weighted by Crippen LogP contribution is -2.53. The number of amides is 2. The van der Waals surface area contributed by atoms with Crippen molar-refractivity contribution >= 4 is 35.0 Å². The van der Waals surface area contributed by atoms with E-state index >= 15 is 0 Å². The van der Waals surface area contributed by atoms with Gasteiger partial charge in [0.05, 0.1) is 10.0 Å². The molecule has 0 unspecified atom stereocenters. The third-order valence-corrected chi connectivity index (χ3v) is 6.54. The van der Waals surface area contributed by atoms with Crippen LogP contribution in [0.1, 0.15) is 31.4 Å². The van der Waals surface area contributed by atoms with Crippen LogP contribution in [-0.4, -0.2) is 35.4 Å². The van der Waals surface area contributed by atoms with E-state index in [1.807, 2.05) is 44.2 Å². The van der Waals surface area contributed by atoms with E-state index in [4.69, 9.17) is 27.9 Å². The molecule has 3 aromatic carbocycles. The standard InChI is InChI=1S/C28H29Cl2FN2O3/c1-3-19(2)32-28(35)25(16-20-9-5-4-6-10-20)33(17-21-13-14-22(29)23(30)15-21)27(34)18-36-26-12-8-7-11-24(26)31/h4-15,19,25H,3,16-18H2,1-2H3,(H,32,35)/t19-,25-/m0/s1. The van der Waals surface area contributed by atoms with Crippen LogP contribution in [0.3, 0.4) is 0 Å². The molecule has 0 saturated heterocycles. The summed E-state index contributed by atoms with van der Waals surface area (Å²) in [5.41, 5.74) is 1.59. The van der Waals surface area contributed by atoms with Crippen LogP contribution in [0, 0.1) is 5.82 Å². The Bertz CT molecular complexity index is 1180. The Morgan fingerprint density at radius 2 is 1.67 bits per heavy atom. The van der Waals surface area contributed by atoms with Gasteiger partial charge in [-0.1, -0.05) is 78.7 Å². The number of nitrogens with one attached hydrogen (secondary N) is 1. The first-order valence-electron chi connectivity index (χ1n) is 11.7. The predicted molar refractivity (Wildman–Crippen MR) is 141 cm³/mol. The van der Waals surface area contributed by atoms with Gasteiger partial charge in [-0.2, -0.15) is 0 Å². The van der Waals surface area contributed by atoms with Gasteiger partial charge < -0.3 is 15.0 Å². The number of hydrogen-bond acceptors (Lipinski definition) is 3. The van der Waals surface area contributed by atoms with Gasteiger partial charge in [-0.3, -0.25) is 9.59 Å². The van der Waals surface area contributed by atoms with Gasteiger partial charge in [0.25, 0.3) is 5.91 Å². The SMILES string of the molecule is CC[C@H](C)NC(=O)[C@H](Cc1ccccc1)N(Cc1ccc(Cl)c(Cl)c1)C(=O)COc1ccccc1F. The van der Waals surface area contributed by atoms with E-state index in [9.17, 15) is 14.0 Å². The largest absolute Gasteiger partial charge is 0.481 e. The Morgan fingerprint density at radius 3 is 2.33 bits per heavy atom. The molecule has 8 heteroatoms. The average Bonchev–Trinajstić information content (AvgIpc) is 2.88. The van der Waals surface area contributed by atoms with E-state index in [2.05, 4.69) is 5.32 Å². The van der Waals surface area contributed by atoms with Crippen LogP contribution in [0.4, 0.5) is 4.39 Å². The van der Waals surface area contributed by atoms with Gasteiger partial charge in [0.1, 0.15) is 6.04 Å². The molecule has 0 heterocycles. The lowest BCUT2D eigenvalue weighted by atomic mass is 10.0. The summed E-state index contributed by atoms with van der Waals surface area (Å²) in [6.07, 6.45) is 1.02. The van der Waals surface area contributed by atoms with E-state index in [-0.39, 0.29) is 30.7 Å². The zero-order chi connectivity index (χ0) is 26.1. The molecule has 2 atom stereocenters. The number of para-hydroxylation sites is 1. The van der Waals surface area contributed by atoms with Crippen molar-refractivity contribution < 1.29 is 18.7 Å². The van der Waals surface area contributed by atoms with Gasteiger partial charge in [-0.25, -0.2) is 4.39 Å². The fraction of sp³-hybridized carbons (Fsp3) is 0.286. The maximum Gasteiger partial charge on any atom is 0.261 e. The van der Waals surface area contributed by atoms with Crippen LogP contribution in [-0.2, 0) is 22.6 Å². The minimum atomic E-state index is -0.840. The Labute approximate surface area is 221 Å². The quantitative estimate of drug-likeness (QED) is 0.327. The second kappa shape index (κ2) is 13.3. The van der Waals surface area contributed by atoms with Crippen molar-refractivity contribution in [3.8, 4) is 5.75 Å². The molecule has 190 valence electrons. The molecule has 0 aromatic heterocycles. The van der Waals surface area contributed by atoms with Crippen molar-refractivity contribution in [2.75, 3.05) is 6.61 Å². The van der Waals surface area contributed by atoms with Crippen LogP contribution in [0.5, 0.6) is 5.75 Å². The number of nitrogens with zero attached hydrogens (tertiary/aromatic N) is 1. The lowest BCUT2D eigenvalue weighted by Gasteiger charge is -2.32. The summed E-state index contributed by atoms with van der Waals surface area (Å²) in [5, 5.41) is 3.72. The zero-order valence-electron chi connectivity index (χ0n) is 20.2. The number of ether oxygens (including phenoxy) is 1. The van der Waals surface area contributed by atoms with Gasteiger partial charge in [-0.05, 0) is 48.7 Å². The topological polar surface area (TPSA) is 58.6 Å². The molecular formula is C28H29Cl2FN2O3. The number of carbonyl (C=O) groups excluding carboxylic acids is 2. The minimum absolute atomic E-state index is 0.0380. The maximum atomic E-state index is 14.1. The first kappa shape index (κ1) is 27.5. The van der Waals surface area contributed by atoms with Crippen LogP contribution >= 0.6 is 23.2 Å². The van der Waals surface area contributed by atoms with E-state index in [1.165, 1.54) is 23.1 Å². The van der Waals surface area contributed by atoms with Crippen LogP contribution in [0.25, 0.3) is 0 Å². The molecule has 0 fully saturated rings. The maximum absolute atomic E-state index is 14.1. The third kappa shape index (κ3) is 7.70. The molecule has 2 amide bonds. The minimum Gasteiger partial charge on any atom is -0.481 e. The fourth-order valence-electron chi connectivity index (χ4n) is 3.61. The Kier molecular flexibility index (Phi) is 10.1. The molecule has 3 aromatic rings. The van der Waals surface area contributed by atoms with E-state index in [0.717, 1.165) is 12.0 Å². The van der Waals surface area contributed by atoms with Crippen molar-refractivity contribution in [2.45, 2.75) is 45.3 Å². The predicted octanol–water partition coefficient (Wildman–Crippen LogP) is 6.07. The van der Waals surface area contributed by atoms with Gasteiger partial charge in [0.15, 0.2) is 18.2 Å². The van der Waals surface area contributed by atoms with Gasteiger partial charge in [-0.15, -0.1) is 0 Å². The summed E-state index contributed by atoms with van der Waals surface area (Å²) in [4.78, 5) is 28.4. The van der Waals surface area contributed by atoms with Crippen molar-refractivity contribution in [3.05, 3.63) is 99.8 Å². The van der Waals surface area contributed by atoms with Crippen molar-refractivity contribution in [2.24, 2.45) is 0 Å².